The van der Waals surface area contributed by atoms with E-state index in [9.17, 15) is 0 Å². The van der Waals surface area contributed by atoms with Crippen LogP contribution in [0.25, 0.3) is 142 Å². The predicted octanol–water partition coefficient (Wildman–Crippen LogP) is 22.1. The molecule has 462 valence electrons. The van der Waals surface area contributed by atoms with Crippen molar-refractivity contribution in [3.05, 3.63) is 309 Å². The first-order valence-corrected chi connectivity index (χ1v) is 33.9. The fourth-order valence-electron chi connectivity index (χ4n) is 12.0. The molecule has 0 aliphatic carbocycles. The van der Waals surface area contributed by atoms with Gasteiger partial charge in [0.25, 0.3) is 0 Å². The van der Waals surface area contributed by atoms with Crippen LogP contribution in [0.5, 0.6) is 0 Å². The van der Waals surface area contributed by atoms with Crippen LogP contribution in [0, 0.1) is 0 Å². The zero-order valence-corrected chi connectivity index (χ0v) is 55.5. The molecule has 5 heterocycles. The zero-order valence-electron chi connectivity index (χ0n) is 53.1. The number of benzene rings is 12. The number of rotatable bonds is 10. The van der Waals surface area contributed by atoms with Crippen LogP contribution in [-0.2, 0) is 9.31 Å². The van der Waals surface area contributed by atoms with Crippen molar-refractivity contribution in [3.8, 4) is 101 Å². The molecule has 0 unspecified atom stereocenters. The highest BCUT2D eigenvalue weighted by atomic mass is 35.5. The lowest BCUT2D eigenvalue weighted by molar-refractivity contribution is 0.00578. The highest BCUT2D eigenvalue weighted by Crippen LogP contribution is 2.42. The number of hydrogen-bond donors (Lipinski definition) is 0. The van der Waals surface area contributed by atoms with Gasteiger partial charge in [-0.05, 0) is 120 Å². The van der Waals surface area contributed by atoms with Crippen molar-refractivity contribution in [1.82, 2.24) is 29.9 Å². The summed E-state index contributed by atoms with van der Waals surface area (Å²) in [7, 11) is -0.335. The Morgan fingerprint density at radius 2 is 0.594 bits per heavy atom. The molecule has 4 aromatic heterocycles. The van der Waals surface area contributed by atoms with E-state index < -0.39 is 0 Å². The SMILES string of the molecule is CC1(C)OB(c2cccc(-c3ccc(-c4ccccc4)cc3)c2)OC1(C)C.Clc1nc(-c2ccccc2)nc(-c2cccc3c2sc2ccccc23)n1.c1ccc(-c2ccc(-c3cccc(-c4nc(-c5ccccc5)nc(-c5cccc6c5sc5ccccc56)n4)c3)cc2)cc1. The van der Waals surface area contributed by atoms with Gasteiger partial charge in [0.05, 0.1) is 11.2 Å². The molecular formula is C84H62BClN6O2S2. The van der Waals surface area contributed by atoms with Gasteiger partial charge in [0, 0.05) is 68.2 Å². The second-order valence-electron chi connectivity index (χ2n) is 24.5. The molecule has 0 radical (unpaired) electrons. The first-order chi connectivity index (χ1) is 46.9. The number of fused-ring (bicyclic) bond motifs is 6. The predicted molar refractivity (Wildman–Crippen MR) is 402 cm³/mol. The minimum atomic E-state index is -0.335. The lowest BCUT2D eigenvalue weighted by atomic mass is 9.78. The largest absolute Gasteiger partial charge is 0.494 e. The van der Waals surface area contributed by atoms with E-state index in [1.54, 1.807) is 22.7 Å². The molecule has 1 aliphatic rings. The van der Waals surface area contributed by atoms with E-state index in [-0.39, 0.29) is 23.6 Å². The molecule has 12 heteroatoms. The van der Waals surface area contributed by atoms with Gasteiger partial charge >= 0.3 is 7.12 Å². The minimum absolute atomic E-state index is 0.201. The molecule has 0 N–H and O–H groups in total. The number of aromatic nitrogens is 6. The monoisotopic (exact) mass is 1300 g/mol. The van der Waals surface area contributed by atoms with Crippen molar-refractivity contribution in [2.24, 2.45) is 0 Å². The maximum atomic E-state index is 6.22. The second kappa shape index (κ2) is 26.6. The molecule has 0 saturated carbocycles. The molecule has 96 heavy (non-hydrogen) atoms. The summed E-state index contributed by atoms with van der Waals surface area (Å²) in [5, 5.41) is 5.14. The quantitative estimate of drug-likeness (QED) is 0.125. The zero-order chi connectivity index (χ0) is 65.2. The van der Waals surface area contributed by atoms with Crippen LogP contribution in [-0.4, -0.2) is 48.2 Å². The summed E-state index contributed by atoms with van der Waals surface area (Å²) in [5.74, 6) is 3.18. The Hall–Kier alpha value is -10.6. The molecule has 12 aromatic carbocycles. The van der Waals surface area contributed by atoms with Gasteiger partial charge in [-0.1, -0.05) is 273 Å². The van der Waals surface area contributed by atoms with Crippen molar-refractivity contribution in [2.75, 3.05) is 0 Å². The van der Waals surface area contributed by atoms with E-state index in [1.165, 1.54) is 69.0 Å². The van der Waals surface area contributed by atoms with Crippen molar-refractivity contribution >= 4 is 87.2 Å². The first kappa shape index (κ1) is 61.5. The summed E-state index contributed by atoms with van der Waals surface area (Å²) in [5.41, 5.74) is 14.7. The maximum absolute atomic E-state index is 6.22. The van der Waals surface area contributed by atoms with Crippen LogP contribution in [0.4, 0.5) is 0 Å². The van der Waals surface area contributed by atoms with Crippen LogP contribution in [0.3, 0.4) is 0 Å². The van der Waals surface area contributed by atoms with Crippen molar-refractivity contribution in [1.29, 1.82) is 0 Å². The Morgan fingerprint density at radius 1 is 0.281 bits per heavy atom. The number of thiophene rings is 2. The molecule has 1 aliphatic heterocycles. The molecule has 0 spiro atoms. The standard InChI is InChI=1S/C39H25N3S.C24H25BO2.C21H12ClN3S/c1-3-11-26(12-4-1)27-21-23-28(24-22-27)30-15-9-16-31(25-30)38-40-37(29-13-5-2-6-14-29)41-39(42-38)34-19-10-18-33-32-17-7-8-20-35(32)43-36(33)34;1-23(2)24(3,4)27-25(26-23)22-12-8-11-21(17-22)20-15-13-19(14-16-20)18-9-6-5-7-10-18;22-21-24-19(13-7-2-1-3-8-13)23-20(25-21)16-11-6-10-15-14-9-4-5-12-17(14)26-18(15)16/h1-25H;5-17H,1-4H3;1-12H. The molecule has 0 atom stereocenters. The van der Waals surface area contributed by atoms with Crippen molar-refractivity contribution < 1.29 is 9.31 Å². The number of hydrogen-bond acceptors (Lipinski definition) is 10. The van der Waals surface area contributed by atoms with Gasteiger partial charge in [-0.3, -0.25) is 0 Å². The molecule has 0 amide bonds. The van der Waals surface area contributed by atoms with Crippen LogP contribution in [0.2, 0.25) is 5.28 Å². The molecule has 1 saturated heterocycles. The van der Waals surface area contributed by atoms with Gasteiger partial charge < -0.3 is 9.31 Å². The van der Waals surface area contributed by atoms with Gasteiger partial charge in [0.15, 0.2) is 29.1 Å². The fraction of sp³-hybridized carbons (Fsp3) is 0.0714. The lowest BCUT2D eigenvalue weighted by Gasteiger charge is -2.32. The van der Waals surface area contributed by atoms with Crippen molar-refractivity contribution in [2.45, 2.75) is 38.9 Å². The molecule has 17 rings (SSSR count). The average molecular weight is 1300 g/mol. The summed E-state index contributed by atoms with van der Waals surface area (Å²) in [4.78, 5) is 28.5. The Balaban J connectivity index is 0.000000124. The third kappa shape index (κ3) is 12.8. The van der Waals surface area contributed by atoms with E-state index in [1.807, 2.05) is 84.9 Å². The van der Waals surface area contributed by atoms with Gasteiger partial charge in [-0.2, -0.15) is 9.97 Å². The van der Waals surface area contributed by atoms with Crippen LogP contribution >= 0.6 is 34.3 Å². The Morgan fingerprint density at radius 3 is 1.07 bits per heavy atom. The summed E-state index contributed by atoms with van der Waals surface area (Å²) in [6.45, 7) is 8.33. The summed E-state index contributed by atoms with van der Waals surface area (Å²) in [6, 6.07) is 105. The highest BCUT2D eigenvalue weighted by Gasteiger charge is 2.51. The minimum Gasteiger partial charge on any atom is -0.399 e. The van der Waals surface area contributed by atoms with Gasteiger partial charge in [-0.15, -0.1) is 22.7 Å². The maximum Gasteiger partial charge on any atom is 0.494 e. The van der Waals surface area contributed by atoms with Crippen LogP contribution in [0.15, 0.2) is 303 Å². The van der Waals surface area contributed by atoms with Gasteiger partial charge in [-0.25, -0.2) is 19.9 Å². The molecule has 1 fully saturated rings. The molecule has 0 bridgehead atoms. The Bertz CT molecular complexity index is 5430. The normalized spacial score (nSPS) is 13.1. The average Bonchev–Trinajstić information content (AvgIpc) is 1.62. The van der Waals surface area contributed by atoms with E-state index in [2.05, 4.69) is 256 Å². The highest BCUT2D eigenvalue weighted by molar-refractivity contribution is 7.26. The summed E-state index contributed by atoms with van der Waals surface area (Å²) >= 11 is 9.75. The lowest BCUT2D eigenvalue weighted by Crippen LogP contribution is -2.41. The molecule has 8 nitrogen and oxygen atoms in total. The Labute approximate surface area is 571 Å². The fourth-order valence-corrected chi connectivity index (χ4v) is 14.6. The first-order valence-electron chi connectivity index (χ1n) is 31.9. The van der Waals surface area contributed by atoms with Gasteiger partial charge in [0.2, 0.25) is 5.28 Å². The van der Waals surface area contributed by atoms with E-state index in [4.69, 9.17) is 40.8 Å². The van der Waals surface area contributed by atoms with E-state index in [0.717, 1.165) is 49.1 Å². The summed E-state index contributed by atoms with van der Waals surface area (Å²) in [6.07, 6.45) is 0. The number of halogens is 1. The topological polar surface area (TPSA) is 95.8 Å². The summed E-state index contributed by atoms with van der Waals surface area (Å²) < 4.78 is 17.2. The van der Waals surface area contributed by atoms with Crippen LogP contribution in [0.1, 0.15) is 27.7 Å². The van der Waals surface area contributed by atoms with E-state index >= 15 is 0 Å². The number of nitrogens with zero attached hydrogens (tertiary/aromatic N) is 6. The van der Waals surface area contributed by atoms with Crippen molar-refractivity contribution in [3.63, 3.8) is 0 Å². The third-order valence-electron chi connectivity index (χ3n) is 17.8. The second-order valence-corrected chi connectivity index (χ2v) is 27.0. The van der Waals surface area contributed by atoms with Crippen LogP contribution < -0.4 is 5.46 Å². The van der Waals surface area contributed by atoms with Gasteiger partial charge in [0.1, 0.15) is 0 Å². The molecular weight excluding hydrogens is 1240 g/mol. The van der Waals surface area contributed by atoms with E-state index in [0.29, 0.717) is 29.1 Å². The smallest absolute Gasteiger partial charge is 0.399 e. The molecule has 16 aromatic rings. The third-order valence-corrected chi connectivity index (χ3v) is 20.4. The Kier molecular flexibility index (Phi) is 17.1.